The van der Waals surface area contributed by atoms with Crippen LogP contribution in [0.5, 0.6) is 0 Å². The molecule has 4 aromatic rings. The van der Waals surface area contributed by atoms with Crippen LogP contribution in [-0.4, -0.2) is 42.3 Å². The van der Waals surface area contributed by atoms with Gasteiger partial charge in [-0.1, -0.05) is 31.2 Å². The van der Waals surface area contributed by atoms with Crippen molar-refractivity contribution < 1.29 is 5.11 Å². The third kappa shape index (κ3) is 4.70. The Balaban J connectivity index is 1.58. The molecule has 3 aromatic heterocycles. The molecule has 4 rings (SSSR count). The highest BCUT2D eigenvalue weighted by Gasteiger charge is 2.16. The molecule has 0 aliphatic carbocycles. The van der Waals surface area contributed by atoms with Gasteiger partial charge in [0.05, 0.1) is 19.0 Å². The van der Waals surface area contributed by atoms with Crippen LogP contribution in [0.1, 0.15) is 38.8 Å². The van der Waals surface area contributed by atoms with Gasteiger partial charge in [0.25, 0.3) is 0 Å². The number of benzene rings is 1. The van der Waals surface area contributed by atoms with E-state index in [1.54, 1.807) is 18.7 Å². The van der Waals surface area contributed by atoms with Gasteiger partial charge in [-0.15, -0.1) is 0 Å². The number of hydrogen-bond acceptors (Lipinski definition) is 7. The zero-order valence-corrected chi connectivity index (χ0v) is 18.7. The van der Waals surface area contributed by atoms with Crippen LogP contribution < -0.4 is 10.6 Å². The maximum Gasteiger partial charge on any atom is 0.227 e. The Labute approximate surface area is 187 Å². The summed E-state index contributed by atoms with van der Waals surface area (Å²) >= 11 is 0. The molecule has 0 aliphatic rings. The fourth-order valence-corrected chi connectivity index (χ4v) is 3.49. The maximum absolute atomic E-state index is 9.57. The third-order valence-electron chi connectivity index (χ3n) is 5.45. The van der Waals surface area contributed by atoms with Crippen LogP contribution in [0.25, 0.3) is 22.3 Å². The molecule has 0 radical (unpaired) electrons. The van der Waals surface area contributed by atoms with Gasteiger partial charge in [0.15, 0.2) is 17.0 Å². The Hall–Kier alpha value is -3.52. The van der Waals surface area contributed by atoms with Crippen molar-refractivity contribution >= 4 is 22.9 Å². The number of rotatable bonds is 9. The maximum atomic E-state index is 9.57. The van der Waals surface area contributed by atoms with E-state index in [4.69, 9.17) is 0 Å². The number of hydrogen-bond donors (Lipinski definition) is 3. The van der Waals surface area contributed by atoms with Crippen molar-refractivity contribution in [1.29, 1.82) is 0 Å². The van der Waals surface area contributed by atoms with E-state index in [0.717, 1.165) is 34.3 Å². The third-order valence-corrected chi connectivity index (χ3v) is 5.45. The lowest BCUT2D eigenvalue weighted by atomic mass is 10.1. The largest absolute Gasteiger partial charge is 0.394 e. The molecule has 3 N–H and O–H groups in total. The number of fused-ring (bicyclic) bond motifs is 1. The van der Waals surface area contributed by atoms with Crippen molar-refractivity contribution in [2.45, 2.75) is 45.8 Å². The fraction of sp³-hybridized carbons (Fsp3) is 0.333. The molecule has 8 heteroatoms. The zero-order valence-electron chi connectivity index (χ0n) is 18.7. The number of aliphatic hydroxyl groups is 1. The number of imidazole rings is 1. The lowest BCUT2D eigenvalue weighted by molar-refractivity contribution is 0.271. The minimum Gasteiger partial charge on any atom is -0.394 e. The topological polar surface area (TPSA) is 101 Å². The molecule has 3 heterocycles. The number of pyridine rings is 1. The molecule has 1 atom stereocenters. The predicted molar refractivity (Wildman–Crippen MR) is 127 cm³/mol. The van der Waals surface area contributed by atoms with Crippen LogP contribution in [0.15, 0.2) is 55.1 Å². The Morgan fingerprint density at radius 1 is 1.00 bits per heavy atom. The zero-order chi connectivity index (χ0) is 22.5. The molecule has 8 nitrogen and oxygen atoms in total. The van der Waals surface area contributed by atoms with Crippen LogP contribution in [0.2, 0.25) is 0 Å². The lowest BCUT2D eigenvalue weighted by Gasteiger charge is -2.16. The van der Waals surface area contributed by atoms with Crippen molar-refractivity contribution in [3.63, 3.8) is 0 Å². The monoisotopic (exact) mass is 431 g/mol. The van der Waals surface area contributed by atoms with E-state index in [9.17, 15) is 5.11 Å². The normalized spacial score (nSPS) is 12.3. The van der Waals surface area contributed by atoms with E-state index in [-0.39, 0.29) is 18.7 Å². The van der Waals surface area contributed by atoms with Gasteiger partial charge in [-0.25, -0.2) is 4.98 Å². The van der Waals surface area contributed by atoms with Gasteiger partial charge in [0.2, 0.25) is 5.95 Å². The highest BCUT2D eigenvalue weighted by Crippen LogP contribution is 2.25. The van der Waals surface area contributed by atoms with Crippen LogP contribution in [0.4, 0.5) is 11.8 Å². The molecule has 0 aliphatic heterocycles. The summed E-state index contributed by atoms with van der Waals surface area (Å²) in [4.78, 5) is 18.0. The Morgan fingerprint density at radius 2 is 1.72 bits per heavy atom. The first-order valence-electron chi connectivity index (χ1n) is 10.9. The van der Waals surface area contributed by atoms with Gasteiger partial charge >= 0.3 is 0 Å². The van der Waals surface area contributed by atoms with Gasteiger partial charge in [-0.2, -0.15) is 9.97 Å². The molecule has 0 spiro atoms. The molecular weight excluding hydrogens is 402 g/mol. The van der Waals surface area contributed by atoms with Crippen molar-refractivity contribution in [3.8, 4) is 11.1 Å². The second-order valence-corrected chi connectivity index (χ2v) is 8.03. The minimum atomic E-state index is -0.101. The Bertz CT molecular complexity index is 1150. The summed E-state index contributed by atoms with van der Waals surface area (Å²) in [7, 11) is 0. The van der Waals surface area contributed by atoms with Crippen LogP contribution in [-0.2, 0) is 6.54 Å². The van der Waals surface area contributed by atoms with Crippen molar-refractivity contribution in [2.75, 3.05) is 17.2 Å². The first kappa shape index (κ1) is 21.7. The molecule has 0 fully saturated rings. The van der Waals surface area contributed by atoms with Gasteiger partial charge in [-0.3, -0.25) is 4.98 Å². The first-order valence-corrected chi connectivity index (χ1v) is 10.9. The molecule has 166 valence electrons. The van der Waals surface area contributed by atoms with E-state index < -0.39 is 0 Å². The number of aliphatic hydroxyl groups excluding tert-OH is 1. The van der Waals surface area contributed by atoms with E-state index in [2.05, 4.69) is 68.7 Å². The first-order chi connectivity index (χ1) is 15.6. The van der Waals surface area contributed by atoms with Crippen molar-refractivity contribution in [2.24, 2.45) is 0 Å². The number of nitrogens with zero attached hydrogens (tertiary/aromatic N) is 5. The molecule has 32 heavy (non-hydrogen) atoms. The fourth-order valence-electron chi connectivity index (χ4n) is 3.49. The van der Waals surface area contributed by atoms with E-state index in [1.807, 2.05) is 23.6 Å². The summed E-state index contributed by atoms with van der Waals surface area (Å²) < 4.78 is 2.02. The van der Waals surface area contributed by atoms with E-state index in [0.29, 0.717) is 18.3 Å². The molecule has 0 saturated heterocycles. The van der Waals surface area contributed by atoms with E-state index in [1.165, 1.54) is 0 Å². The highest BCUT2D eigenvalue weighted by atomic mass is 16.3. The van der Waals surface area contributed by atoms with Gasteiger partial charge in [0, 0.05) is 25.0 Å². The summed E-state index contributed by atoms with van der Waals surface area (Å²) in [5, 5.41) is 16.2. The van der Waals surface area contributed by atoms with Gasteiger partial charge in [0.1, 0.15) is 0 Å². The average Bonchev–Trinajstić information content (AvgIpc) is 3.26. The van der Waals surface area contributed by atoms with Gasteiger partial charge in [-0.05, 0) is 49.1 Å². The molecule has 0 bridgehead atoms. The van der Waals surface area contributed by atoms with Crippen LogP contribution >= 0.6 is 0 Å². The summed E-state index contributed by atoms with van der Waals surface area (Å²) in [6.45, 7) is 6.83. The van der Waals surface area contributed by atoms with Crippen molar-refractivity contribution in [1.82, 2.24) is 24.5 Å². The van der Waals surface area contributed by atoms with Crippen LogP contribution in [0, 0.1) is 0 Å². The summed E-state index contributed by atoms with van der Waals surface area (Å²) in [6, 6.07) is 12.5. The molecular formula is C24H29N7O. The lowest BCUT2D eigenvalue weighted by Crippen LogP contribution is -2.24. The van der Waals surface area contributed by atoms with Crippen LogP contribution in [0.3, 0.4) is 0 Å². The van der Waals surface area contributed by atoms with E-state index >= 15 is 0 Å². The number of anilines is 2. The average molecular weight is 432 g/mol. The number of aromatic nitrogens is 5. The van der Waals surface area contributed by atoms with Gasteiger partial charge < -0.3 is 20.3 Å². The molecule has 1 aromatic carbocycles. The van der Waals surface area contributed by atoms with Crippen molar-refractivity contribution in [3.05, 3.63) is 60.7 Å². The highest BCUT2D eigenvalue weighted by molar-refractivity contribution is 5.84. The summed E-state index contributed by atoms with van der Waals surface area (Å²) in [5.74, 6) is 1.15. The second kappa shape index (κ2) is 9.74. The summed E-state index contributed by atoms with van der Waals surface area (Å²) in [6.07, 6.45) is 6.17. The Morgan fingerprint density at radius 3 is 2.38 bits per heavy atom. The molecule has 0 amide bonds. The quantitative estimate of drug-likeness (QED) is 0.364. The minimum absolute atomic E-state index is 0.0218. The standard InChI is InChI=1S/C24H29N7O/c1-4-20(14-32)28-24-29-22(21-23(30-24)31(15-27-21)16(2)3)26-13-17-5-7-18(8-6-17)19-9-11-25-12-10-19/h5-12,15-16,20,32H,4,13-14H2,1-3H3,(H2,26,28,29,30)/t20-/m1/s1. The predicted octanol–water partition coefficient (Wildman–Crippen LogP) is 4.26. The SMILES string of the molecule is CC[C@H](CO)Nc1nc(NCc2ccc(-c3ccncc3)cc2)c2ncn(C(C)C)c2n1. The molecule has 0 saturated carbocycles. The summed E-state index contributed by atoms with van der Waals surface area (Å²) in [5.41, 5.74) is 4.92. The number of nitrogens with one attached hydrogen (secondary N) is 2. The smallest absolute Gasteiger partial charge is 0.227 e. The molecule has 0 unspecified atom stereocenters. The Kier molecular flexibility index (Phi) is 6.61. The second-order valence-electron chi connectivity index (χ2n) is 8.03.